The largest absolute Gasteiger partial charge is 0.443 e. The van der Waals surface area contributed by atoms with Crippen LogP contribution >= 0.6 is 24.0 Å². The standard InChI is InChI=1S/C18H30N4O.HI/c1-18(2,3)15-10-20-16(23-15)11-22-17(19-4)21-9-14(12-5-6-12)13-7-8-13;/h10,12-14H,5-9,11H2,1-4H3,(H2,19,21,22);1H. The summed E-state index contributed by atoms with van der Waals surface area (Å²) in [6.07, 6.45) is 7.49. The van der Waals surface area contributed by atoms with Gasteiger partial charge in [0.15, 0.2) is 5.96 Å². The van der Waals surface area contributed by atoms with Crippen LogP contribution in [0.5, 0.6) is 0 Å². The van der Waals surface area contributed by atoms with Gasteiger partial charge in [-0.05, 0) is 43.4 Å². The first-order chi connectivity index (χ1) is 11.0. The van der Waals surface area contributed by atoms with Crippen LogP contribution in [0.2, 0.25) is 0 Å². The van der Waals surface area contributed by atoms with E-state index in [1.54, 1.807) is 0 Å². The van der Waals surface area contributed by atoms with E-state index in [1.807, 2.05) is 13.2 Å². The SMILES string of the molecule is CN=C(NCc1ncc(C(C)(C)C)o1)NCC(C1CC1)C1CC1.I. The third kappa shape index (κ3) is 5.36. The summed E-state index contributed by atoms with van der Waals surface area (Å²) in [4.78, 5) is 8.66. The molecule has 136 valence electrons. The Bertz CT molecular complexity index is 544. The Labute approximate surface area is 162 Å². The van der Waals surface area contributed by atoms with Gasteiger partial charge in [0.25, 0.3) is 0 Å². The van der Waals surface area contributed by atoms with Crippen LogP contribution in [0.1, 0.15) is 58.1 Å². The molecule has 2 saturated carbocycles. The molecular formula is C18H31IN4O. The number of hydrogen-bond acceptors (Lipinski definition) is 3. The topological polar surface area (TPSA) is 62.5 Å². The summed E-state index contributed by atoms with van der Waals surface area (Å²) in [5.41, 5.74) is -0.00702. The molecule has 24 heavy (non-hydrogen) atoms. The summed E-state index contributed by atoms with van der Waals surface area (Å²) in [6, 6.07) is 0. The predicted molar refractivity (Wildman–Crippen MR) is 108 cm³/mol. The molecule has 0 amide bonds. The minimum Gasteiger partial charge on any atom is -0.443 e. The second-order valence-electron chi connectivity index (χ2n) is 8.01. The van der Waals surface area contributed by atoms with Crippen molar-refractivity contribution in [2.24, 2.45) is 22.7 Å². The maximum atomic E-state index is 5.81. The van der Waals surface area contributed by atoms with Crippen molar-refractivity contribution in [3.63, 3.8) is 0 Å². The lowest BCUT2D eigenvalue weighted by Gasteiger charge is -2.18. The molecule has 0 aromatic carbocycles. The highest BCUT2D eigenvalue weighted by molar-refractivity contribution is 14.0. The van der Waals surface area contributed by atoms with E-state index in [0.29, 0.717) is 12.4 Å². The van der Waals surface area contributed by atoms with Gasteiger partial charge in [-0.2, -0.15) is 0 Å². The van der Waals surface area contributed by atoms with Crippen molar-refractivity contribution in [2.75, 3.05) is 13.6 Å². The van der Waals surface area contributed by atoms with Crippen molar-refractivity contribution >= 4 is 29.9 Å². The van der Waals surface area contributed by atoms with Gasteiger partial charge in [-0.1, -0.05) is 20.8 Å². The average molecular weight is 446 g/mol. The number of guanidine groups is 1. The van der Waals surface area contributed by atoms with E-state index in [9.17, 15) is 0 Å². The molecule has 0 bridgehead atoms. The van der Waals surface area contributed by atoms with Gasteiger partial charge in [0.1, 0.15) is 5.76 Å². The van der Waals surface area contributed by atoms with Gasteiger partial charge >= 0.3 is 0 Å². The third-order valence-electron chi connectivity index (χ3n) is 4.88. The van der Waals surface area contributed by atoms with E-state index in [1.165, 1.54) is 25.7 Å². The maximum absolute atomic E-state index is 5.81. The Morgan fingerprint density at radius 2 is 1.88 bits per heavy atom. The highest BCUT2D eigenvalue weighted by atomic mass is 127. The summed E-state index contributed by atoms with van der Waals surface area (Å²) in [7, 11) is 1.81. The van der Waals surface area contributed by atoms with Crippen LogP contribution in [-0.2, 0) is 12.0 Å². The van der Waals surface area contributed by atoms with Crippen LogP contribution in [0.4, 0.5) is 0 Å². The normalized spacial score (nSPS) is 18.5. The fourth-order valence-corrected chi connectivity index (χ4v) is 3.10. The van der Waals surface area contributed by atoms with E-state index < -0.39 is 0 Å². The Morgan fingerprint density at radius 1 is 1.25 bits per heavy atom. The molecule has 0 unspecified atom stereocenters. The zero-order chi connectivity index (χ0) is 16.4. The van der Waals surface area contributed by atoms with E-state index in [0.717, 1.165) is 36.0 Å². The Kier molecular flexibility index (Phi) is 6.56. The number of aliphatic imine (C=N–C) groups is 1. The molecule has 5 nitrogen and oxygen atoms in total. The first-order valence-electron chi connectivity index (χ1n) is 8.87. The molecule has 2 fully saturated rings. The van der Waals surface area contributed by atoms with Crippen LogP contribution < -0.4 is 10.6 Å². The van der Waals surface area contributed by atoms with Crippen molar-refractivity contribution in [2.45, 2.75) is 58.4 Å². The van der Waals surface area contributed by atoms with Crippen molar-refractivity contribution in [3.8, 4) is 0 Å². The summed E-state index contributed by atoms with van der Waals surface area (Å²) in [5.74, 6) is 5.21. The number of hydrogen-bond donors (Lipinski definition) is 2. The van der Waals surface area contributed by atoms with Crippen molar-refractivity contribution < 1.29 is 4.42 Å². The van der Waals surface area contributed by atoms with Crippen LogP contribution in [-0.4, -0.2) is 24.5 Å². The first-order valence-corrected chi connectivity index (χ1v) is 8.87. The van der Waals surface area contributed by atoms with E-state index in [2.05, 4.69) is 41.4 Å². The van der Waals surface area contributed by atoms with Crippen LogP contribution in [0.3, 0.4) is 0 Å². The summed E-state index contributed by atoms with van der Waals surface area (Å²) in [6.45, 7) is 7.98. The Morgan fingerprint density at radius 3 is 2.33 bits per heavy atom. The predicted octanol–water partition coefficient (Wildman–Crippen LogP) is 3.69. The lowest BCUT2D eigenvalue weighted by Crippen LogP contribution is -2.40. The quantitative estimate of drug-likeness (QED) is 0.398. The molecule has 2 aliphatic rings. The highest BCUT2D eigenvalue weighted by Crippen LogP contribution is 2.48. The average Bonchev–Trinajstić information content (AvgIpc) is 3.42. The molecule has 1 heterocycles. The number of halogens is 1. The van der Waals surface area contributed by atoms with Gasteiger partial charge in [0, 0.05) is 19.0 Å². The summed E-state index contributed by atoms with van der Waals surface area (Å²) < 4.78 is 5.81. The fraction of sp³-hybridized carbons (Fsp3) is 0.778. The molecule has 0 atom stereocenters. The van der Waals surface area contributed by atoms with E-state index >= 15 is 0 Å². The van der Waals surface area contributed by atoms with Crippen molar-refractivity contribution in [3.05, 3.63) is 17.8 Å². The third-order valence-corrected chi connectivity index (χ3v) is 4.88. The number of rotatable bonds is 6. The molecule has 0 radical (unpaired) electrons. The summed E-state index contributed by atoms with van der Waals surface area (Å²) >= 11 is 0. The Hall–Kier alpha value is -0.790. The molecule has 0 saturated heterocycles. The fourth-order valence-electron chi connectivity index (χ4n) is 3.10. The monoisotopic (exact) mass is 446 g/mol. The Balaban J connectivity index is 0.00000208. The molecule has 1 aromatic rings. The molecule has 3 rings (SSSR count). The molecule has 6 heteroatoms. The lowest BCUT2D eigenvalue weighted by atomic mass is 9.94. The molecular weight excluding hydrogens is 415 g/mol. The lowest BCUT2D eigenvalue weighted by molar-refractivity contribution is 0.378. The minimum absolute atomic E-state index is 0. The molecule has 0 aliphatic heterocycles. The second kappa shape index (κ2) is 8.06. The number of aromatic nitrogens is 1. The molecule has 1 aromatic heterocycles. The van der Waals surface area contributed by atoms with Crippen LogP contribution in [0, 0.1) is 17.8 Å². The highest BCUT2D eigenvalue weighted by Gasteiger charge is 2.41. The van der Waals surface area contributed by atoms with E-state index in [-0.39, 0.29) is 29.4 Å². The van der Waals surface area contributed by atoms with E-state index in [4.69, 9.17) is 4.42 Å². The van der Waals surface area contributed by atoms with Crippen LogP contribution in [0.25, 0.3) is 0 Å². The summed E-state index contributed by atoms with van der Waals surface area (Å²) in [5, 5.41) is 6.80. The zero-order valence-electron chi connectivity index (χ0n) is 15.3. The number of oxazole rings is 1. The molecule has 0 spiro atoms. The second-order valence-corrected chi connectivity index (χ2v) is 8.01. The zero-order valence-corrected chi connectivity index (χ0v) is 17.6. The molecule has 2 aliphatic carbocycles. The van der Waals surface area contributed by atoms with Crippen molar-refractivity contribution in [1.29, 1.82) is 0 Å². The van der Waals surface area contributed by atoms with Gasteiger partial charge in [-0.15, -0.1) is 24.0 Å². The van der Waals surface area contributed by atoms with Gasteiger partial charge < -0.3 is 15.1 Å². The van der Waals surface area contributed by atoms with Crippen molar-refractivity contribution in [1.82, 2.24) is 15.6 Å². The maximum Gasteiger partial charge on any atom is 0.213 e. The smallest absolute Gasteiger partial charge is 0.213 e. The van der Waals surface area contributed by atoms with Gasteiger partial charge in [0.2, 0.25) is 5.89 Å². The first kappa shape index (κ1) is 19.5. The van der Waals surface area contributed by atoms with Crippen LogP contribution in [0.15, 0.2) is 15.6 Å². The van der Waals surface area contributed by atoms with Gasteiger partial charge in [0.05, 0.1) is 12.7 Å². The number of nitrogens with zero attached hydrogens (tertiary/aromatic N) is 2. The number of nitrogens with one attached hydrogen (secondary N) is 2. The van der Waals surface area contributed by atoms with Gasteiger partial charge in [-0.3, -0.25) is 4.99 Å². The van der Waals surface area contributed by atoms with Gasteiger partial charge in [-0.25, -0.2) is 4.98 Å². The molecule has 2 N–H and O–H groups in total. The minimum atomic E-state index is -0.00702.